The van der Waals surface area contributed by atoms with Gasteiger partial charge in [-0.1, -0.05) is 31.2 Å². The highest BCUT2D eigenvalue weighted by Crippen LogP contribution is 2.28. The van der Waals surface area contributed by atoms with Crippen LogP contribution in [-0.2, 0) is 16.4 Å². The Labute approximate surface area is 132 Å². The van der Waals surface area contributed by atoms with E-state index in [1.165, 1.54) is 16.9 Å². The Hall–Kier alpha value is -0.690. The van der Waals surface area contributed by atoms with Gasteiger partial charge in [-0.3, -0.25) is 0 Å². The number of aryl methyl sites for hydroxylation is 1. The molecule has 6 heteroatoms. The summed E-state index contributed by atoms with van der Waals surface area (Å²) >= 11 is 4.46. The number of sulfonamides is 1. The van der Waals surface area contributed by atoms with Crippen LogP contribution in [0.3, 0.4) is 0 Å². The molecule has 20 heavy (non-hydrogen) atoms. The van der Waals surface area contributed by atoms with Crippen LogP contribution in [0.5, 0.6) is 0 Å². The molecule has 0 aliphatic heterocycles. The maximum Gasteiger partial charge on any atom is 0.251 e. The molecule has 0 amide bonds. The van der Waals surface area contributed by atoms with E-state index in [9.17, 15) is 8.42 Å². The fraction of sp³-hybridized carbons (Fsp3) is 0.286. The second-order valence-electron chi connectivity index (χ2n) is 4.49. The summed E-state index contributed by atoms with van der Waals surface area (Å²) < 4.78 is 28.2. The Morgan fingerprint density at radius 3 is 2.40 bits per heavy atom. The van der Waals surface area contributed by atoms with E-state index in [2.05, 4.69) is 27.6 Å². The van der Waals surface area contributed by atoms with Gasteiger partial charge in [-0.15, -0.1) is 11.3 Å². The maximum atomic E-state index is 12.3. The number of thiophene rings is 1. The summed E-state index contributed by atoms with van der Waals surface area (Å²) in [4.78, 5) is 0. The Morgan fingerprint density at radius 1 is 1.25 bits per heavy atom. The van der Waals surface area contributed by atoms with Crippen molar-refractivity contribution < 1.29 is 8.42 Å². The van der Waals surface area contributed by atoms with Gasteiger partial charge in [-0.2, -0.15) is 0 Å². The minimum atomic E-state index is -3.49. The van der Waals surface area contributed by atoms with Gasteiger partial charge in [0.1, 0.15) is 4.21 Å². The van der Waals surface area contributed by atoms with Crippen molar-refractivity contribution >= 4 is 37.3 Å². The first kappa shape index (κ1) is 15.7. The van der Waals surface area contributed by atoms with Gasteiger partial charge in [0.25, 0.3) is 10.0 Å². The first-order valence-corrected chi connectivity index (χ1v) is 9.43. The predicted octanol–water partition coefficient (Wildman–Crippen LogP) is 4.11. The quantitative estimate of drug-likeness (QED) is 0.856. The topological polar surface area (TPSA) is 46.2 Å². The molecule has 0 aliphatic rings. The zero-order valence-corrected chi connectivity index (χ0v) is 14.5. The predicted molar refractivity (Wildman–Crippen MR) is 86.6 cm³/mol. The highest BCUT2D eigenvalue weighted by molar-refractivity contribution is 9.10. The largest absolute Gasteiger partial charge is 0.251 e. The monoisotopic (exact) mass is 373 g/mol. The molecule has 0 saturated carbocycles. The van der Waals surface area contributed by atoms with Crippen LogP contribution in [0.15, 0.2) is 44.4 Å². The van der Waals surface area contributed by atoms with Crippen LogP contribution in [-0.4, -0.2) is 8.42 Å². The Balaban J connectivity index is 2.18. The van der Waals surface area contributed by atoms with Crippen molar-refractivity contribution in [3.8, 4) is 0 Å². The lowest BCUT2D eigenvalue weighted by Gasteiger charge is -2.14. The molecule has 2 rings (SSSR count). The van der Waals surface area contributed by atoms with Gasteiger partial charge in [0, 0.05) is 10.5 Å². The lowest BCUT2D eigenvalue weighted by molar-refractivity contribution is 0.568. The van der Waals surface area contributed by atoms with E-state index in [1.807, 2.05) is 31.2 Å². The summed E-state index contributed by atoms with van der Waals surface area (Å²) in [6.45, 7) is 3.94. The smallest absolute Gasteiger partial charge is 0.206 e. The summed E-state index contributed by atoms with van der Waals surface area (Å²) in [6.07, 6.45) is 0.975. The van der Waals surface area contributed by atoms with Gasteiger partial charge in [-0.25, -0.2) is 13.1 Å². The molecule has 0 saturated heterocycles. The third-order valence-electron chi connectivity index (χ3n) is 3.05. The van der Waals surface area contributed by atoms with Crippen molar-refractivity contribution in [2.45, 2.75) is 30.5 Å². The van der Waals surface area contributed by atoms with E-state index in [4.69, 9.17) is 0 Å². The minimum absolute atomic E-state index is 0.264. The molecule has 1 atom stereocenters. The summed E-state index contributed by atoms with van der Waals surface area (Å²) in [6, 6.07) is 9.47. The molecule has 0 fully saturated rings. The van der Waals surface area contributed by atoms with Gasteiger partial charge >= 0.3 is 0 Å². The number of rotatable bonds is 5. The van der Waals surface area contributed by atoms with Gasteiger partial charge in [0.2, 0.25) is 0 Å². The van der Waals surface area contributed by atoms with E-state index >= 15 is 0 Å². The molecule has 0 spiro atoms. The summed E-state index contributed by atoms with van der Waals surface area (Å²) in [7, 11) is -3.49. The fourth-order valence-corrected chi connectivity index (χ4v) is 5.45. The second-order valence-corrected chi connectivity index (χ2v) is 8.17. The number of nitrogens with one attached hydrogen (secondary N) is 1. The Bertz CT molecular complexity index is 677. The van der Waals surface area contributed by atoms with E-state index < -0.39 is 10.0 Å². The number of benzene rings is 1. The number of halogens is 1. The number of hydrogen-bond acceptors (Lipinski definition) is 3. The molecule has 1 heterocycles. The highest BCUT2D eigenvalue weighted by atomic mass is 79.9. The molecular weight excluding hydrogens is 358 g/mol. The SMILES string of the molecule is CCc1ccc(C(C)NS(=O)(=O)c2sccc2Br)cc1. The molecule has 1 unspecified atom stereocenters. The molecule has 2 aromatic rings. The van der Waals surface area contributed by atoms with Crippen LogP contribution >= 0.6 is 27.3 Å². The summed E-state index contributed by atoms with van der Waals surface area (Å²) in [5, 5.41) is 1.75. The van der Waals surface area contributed by atoms with Crippen LogP contribution in [0.1, 0.15) is 31.0 Å². The first-order valence-electron chi connectivity index (χ1n) is 6.28. The van der Waals surface area contributed by atoms with Crippen LogP contribution in [0, 0.1) is 0 Å². The van der Waals surface area contributed by atoms with Crippen molar-refractivity contribution in [2.75, 3.05) is 0 Å². The van der Waals surface area contributed by atoms with Crippen LogP contribution < -0.4 is 4.72 Å². The lowest BCUT2D eigenvalue weighted by Crippen LogP contribution is -2.26. The average molecular weight is 374 g/mol. The van der Waals surface area contributed by atoms with Crippen LogP contribution in [0.4, 0.5) is 0 Å². The highest BCUT2D eigenvalue weighted by Gasteiger charge is 2.22. The molecular formula is C14H16BrNO2S2. The standard InChI is InChI=1S/C14H16BrNO2S2/c1-3-11-4-6-12(7-5-11)10(2)16-20(17,18)14-13(15)8-9-19-14/h4-10,16H,3H2,1-2H3. The first-order chi connectivity index (χ1) is 9.44. The molecule has 1 N–H and O–H groups in total. The maximum absolute atomic E-state index is 12.3. The van der Waals surface area contributed by atoms with Crippen molar-refractivity contribution in [3.05, 3.63) is 51.3 Å². The minimum Gasteiger partial charge on any atom is -0.206 e. The van der Waals surface area contributed by atoms with Crippen LogP contribution in [0.25, 0.3) is 0 Å². The Kier molecular flexibility index (Phi) is 5.01. The zero-order chi connectivity index (χ0) is 14.8. The second kappa shape index (κ2) is 6.39. The van der Waals surface area contributed by atoms with Gasteiger partial charge < -0.3 is 0 Å². The molecule has 3 nitrogen and oxygen atoms in total. The fourth-order valence-electron chi connectivity index (χ4n) is 1.87. The molecule has 0 aliphatic carbocycles. The molecule has 108 valence electrons. The molecule has 1 aromatic carbocycles. The third-order valence-corrected chi connectivity index (χ3v) is 7.26. The summed E-state index contributed by atoms with van der Waals surface area (Å²) in [5.74, 6) is 0. The molecule has 1 aromatic heterocycles. The Morgan fingerprint density at radius 2 is 1.90 bits per heavy atom. The average Bonchev–Trinajstić information content (AvgIpc) is 2.85. The van der Waals surface area contributed by atoms with E-state index in [-0.39, 0.29) is 6.04 Å². The van der Waals surface area contributed by atoms with Crippen molar-refractivity contribution in [2.24, 2.45) is 0 Å². The van der Waals surface area contributed by atoms with Crippen molar-refractivity contribution in [1.82, 2.24) is 4.72 Å². The van der Waals surface area contributed by atoms with E-state index in [0.717, 1.165) is 12.0 Å². The van der Waals surface area contributed by atoms with E-state index in [1.54, 1.807) is 11.4 Å². The zero-order valence-electron chi connectivity index (χ0n) is 11.3. The molecule has 0 bridgehead atoms. The van der Waals surface area contributed by atoms with Crippen molar-refractivity contribution in [3.63, 3.8) is 0 Å². The summed E-state index contributed by atoms with van der Waals surface area (Å²) in [5.41, 5.74) is 2.20. The van der Waals surface area contributed by atoms with Crippen LogP contribution in [0.2, 0.25) is 0 Å². The lowest BCUT2D eigenvalue weighted by atomic mass is 10.1. The molecule has 0 radical (unpaired) electrons. The van der Waals surface area contributed by atoms with Gasteiger partial charge in [0.15, 0.2) is 0 Å². The third kappa shape index (κ3) is 3.49. The number of hydrogen-bond donors (Lipinski definition) is 1. The van der Waals surface area contributed by atoms with Gasteiger partial charge in [-0.05, 0) is 51.8 Å². The normalized spacial score (nSPS) is 13.3. The van der Waals surface area contributed by atoms with Gasteiger partial charge in [0.05, 0.1) is 0 Å². The van der Waals surface area contributed by atoms with Crippen molar-refractivity contribution in [1.29, 1.82) is 0 Å². The van der Waals surface area contributed by atoms with E-state index in [0.29, 0.717) is 8.68 Å².